The Kier molecular flexibility index (Phi) is 7.01. The number of nitrogen functional groups attached to an aromatic ring is 1. The maximum absolute atomic E-state index is 11.6. The van der Waals surface area contributed by atoms with Crippen LogP contribution < -0.4 is 11.3 Å². The molecule has 0 aromatic carbocycles. The molecule has 0 atom stereocenters. The Bertz CT molecular complexity index is 392. The summed E-state index contributed by atoms with van der Waals surface area (Å²) in [6.45, 7) is 6.02. The molecule has 1 amide bonds. The highest BCUT2D eigenvalue weighted by Gasteiger charge is 2.14. The van der Waals surface area contributed by atoms with E-state index in [2.05, 4.69) is 36.2 Å². The van der Waals surface area contributed by atoms with E-state index < -0.39 is 0 Å². The fraction of sp³-hybridized carbons (Fsp3) is 0.615. The molecule has 1 heterocycles. The zero-order chi connectivity index (χ0) is 14.3. The van der Waals surface area contributed by atoms with Crippen LogP contribution in [0.5, 0.6) is 0 Å². The van der Waals surface area contributed by atoms with Crippen LogP contribution in [0.1, 0.15) is 28.6 Å². The van der Waals surface area contributed by atoms with Crippen LogP contribution in [0.4, 0.5) is 0 Å². The van der Waals surface area contributed by atoms with Crippen molar-refractivity contribution in [1.82, 2.24) is 15.2 Å². The molecule has 1 aromatic heterocycles. The molecule has 19 heavy (non-hydrogen) atoms. The Morgan fingerprint density at radius 2 is 2.11 bits per heavy atom. The Hall–Kier alpha value is -0.950. The number of hydrazine groups is 1. The predicted octanol–water partition coefficient (Wildman–Crippen LogP) is 1.13. The number of carbonyl (C=O) groups excluding carboxylic acids is 1. The second kappa shape index (κ2) is 8.27. The Labute approximate surface area is 119 Å². The first kappa shape index (κ1) is 16.1. The van der Waals surface area contributed by atoms with Gasteiger partial charge in [-0.25, -0.2) is 5.84 Å². The minimum absolute atomic E-state index is 0.200. The standard InChI is InChI=1S/C13H24N4OS/c1-4-6-17(8-7-16(2)3)10-11-5-9-19-12(11)13(18)15-14/h5,9H,4,6-8,10,14H2,1-3H3,(H,15,18). The molecule has 0 spiro atoms. The Morgan fingerprint density at radius 3 is 2.68 bits per heavy atom. The lowest BCUT2D eigenvalue weighted by atomic mass is 10.2. The van der Waals surface area contributed by atoms with Crippen LogP contribution in [0.25, 0.3) is 0 Å². The Balaban J connectivity index is 2.67. The van der Waals surface area contributed by atoms with Crippen molar-refractivity contribution in [3.8, 4) is 0 Å². The summed E-state index contributed by atoms with van der Waals surface area (Å²) in [5.41, 5.74) is 3.26. The van der Waals surface area contributed by atoms with Crippen molar-refractivity contribution in [1.29, 1.82) is 0 Å². The van der Waals surface area contributed by atoms with E-state index in [9.17, 15) is 4.79 Å². The van der Waals surface area contributed by atoms with Crippen LogP contribution in [0.3, 0.4) is 0 Å². The minimum Gasteiger partial charge on any atom is -0.308 e. The molecule has 108 valence electrons. The Morgan fingerprint density at radius 1 is 1.37 bits per heavy atom. The van der Waals surface area contributed by atoms with Gasteiger partial charge in [0.05, 0.1) is 4.88 Å². The molecule has 0 aliphatic heterocycles. The van der Waals surface area contributed by atoms with E-state index in [1.54, 1.807) is 0 Å². The van der Waals surface area contributed by atoms with Gasteiger partial charge in [0.15, 0.2) is 0 Å². The fourth-order valence-corrected chi connectivity index (χ4v) is 2.71. The lowest BCUT2D eigenvalue weighted by Crippen LogP contribution is -2.33. The van der Waals surface area contributed by atoms with Gasteiger partial charge in [-0.1, -0.05) is 6.92 Å². The van der Waals surface area contributed by atoms with Gasteiger partial charge < -0.3 is 4.90 Å². The number of carbonyl (C=O) groups is 1. The first-order valence-electron chi connectivity index (χ1n) is 6.52. The molecule has 3 N–H and O–H groups in total. The number of hydrogen-bond acceptors (Lipinski definition) is 5. The third kappa shape index (κ3) is 5.28. The van der Waals surface area contributed by atoms with Crippen LogP contribution in [-0.4, -0.2) is 49.4 Å². The van der Waals surface area contributed by atoms with Crippen LogP contribution in [0.2, 0.25) is 0 Å². The number of hydrogen-bond donors (Lipinski definition) is 2. The van der Waals surface area contributed by atoms with E-state index in [0.717, 1.165) is 38.2 Å². The highest BCUT2D eigenvalue weighted by Crippen LogP contribution is 2.18. The summed E-state index contributed by atoms with van der Waals surface area (Å²) < 4.78 is 0. The molecule has 0 radical (unpaired) electrons. The SMILES string of the molecule is CCCN(CCN(C)C)Cc1ccsc1C(=O)NN. The van der Waals surface area contributed by atoms with Crippen molar-refractivity contribution in [3.05, 3.63) is 21.9 Å². The molecule has 0 saturated heterocycles. The number of likely N-dealkylation sites (N-methyl/N-ethyl adjacent to an activating group) is 1. The van der Waals surface area contributed by atoms with Gasteiger partial charge in [0.25, 0.3) is 5.91 Å². The van der Waals surface area contributed by atoms with Gasteiger partial charge in [-0.15, -0.1) is 11.3 Å². The maximum Gasteiger partial charge on any atom is 0.275 e. The van der Waals surface area contributed by atoms with Crippen LogP contribution in [-0.2, 0) is 6.54 Å². The minimum atomic E-state index is -0.200. The summed E-state index contributed by atoms with van der Waals surface area (Å²) in [5, 5.41) is 1.94. The van der Waals surface area contributed by atoms with Gasteiger partial charge in [-0.2, -0.15) is 0 Å². The second-order valence-electron chi connectivity index (χ2n) is 4.83. The summed E-state index contributed by atoms with van der Waals surface area (Å²) in [6.07, 6.45) is 1.11. The second-order valence-corrected chi connectivity index (χ2v) is 5.74. The zero-order valence-corrected chi connectivity index (χ0v) is 12.8. The first-order chi connectivity index (χ1) is 9.08. The van der Waals surface area contributed by atoms with E-state index >= 15 is 0 Å². The van der Waals surface area contributed by atoms with Crippen molar-refractivity contribution < 1.29 is 4.79 Å². The zero-order valence-electron chi connectivity index (χ0n) is 12.0. The molecule has 0 aliphatic carbocycles. The number of nitrogens with one attached hydrogen (secondary N) is 1. The number of rotatable bonds is 8. The summed E-state index contributed by atoms with van der Waals surface area (Å²) in [5.74, 6) is 5.01. The third-order valence-electron chi connectivity index (χ3n) is 2.88. The molecule has 0 aliphatic rings. The number of thiophene rings is 1. The summed E-state index contributed by atoms with van der Waals surface area (Å²) in [4.78, 5) is 16.9. The molecule has 0 saturated carbocycles. The monoisotopic (exact) mass is 284 g/mol. The van der Waals surface area contributed by atoms with E-state index in [1.165, 1.54) is 11.3 Å². The van der Waals surface area contributed by atoms with Crippen molar-refractivity contribution in [2.45, 2.75) is 19.9 Å². The third-order valence-corrected chi connectivity index (χ3v) is 3.84. The number of nitrogens with two attached hydrogens (primary N) is 1. The molecule has 5 nitrogen and oxygen atoms in total. The summed E-state index contributed by atoms with van der Waals surface area (Å²) in [7, 11) is 4.14. The van der Waals surface area contributed by atoms with E-state index in [-0.39, 0.29) is 5.91 Å². The molecule has 1 aromatic rings. The maximum atomic E-state index is 11.6. The molecular formula is C13H24N4OS. The average molecular weight is 284 g/mol. The molecule has 6 heteroatoms. The van der Waals surface area contributed by atoms with Gasteiger partial charge in [0, 0.05) is 19.6 Å². The molecular weight excluding hydrogens is 260 g/mol. The van der Waals surface area contributed by atoms with Gasteiger partial charge in [0.2, 0.25) is 0 Å². The summed E-state index contributed by atoms with van der Waals surface area (Å²) in [6, 6.07) is 2.01. The molecule has 0 fully saturated rings. The van der Waals surface area contributed by atoms with Crippen LogP contribution >= 0.6 is 11.3 Å². The van der Waals surface area contributed by atoms with Gasteiger partial charge in [-0.05, 0) is 44.1 Å². The number of amides is 1. The van der Waals surface area contributed by atoms with Gasteiger partial charge >= 0.3 is 0 Å². The largest absolute Gasteiger partial charge is 0.308 e. The van der Waals surface area contributed by atoms with Crippen LogP contribution in [0, 0.1) is 0 Å². The van der Waals surface area contributed by atoms with Crippen molar-refractivity contribution in [2.75, 3.05) is 33.7 Å². The van der Waals surface area contributed by atoms with E-state index in [4.69, 9.17) is 5.84 Å². The smallest absolute Gasteiger partial charge is 0.275 e. The van der Waals surface area contributed by atoms with Crippen molar-refractivity contribution in [3.63, 3.8) is 0 Å². The van der Waals surface area contributed by atoms with Crippen molar-refractivity contribution >= 4 is 17.2 Å². The normalized spacial score (nSPS) is 11.3. The van der Waals surface area contributed by atoms with E-state index in [1.807, 2.05) is 11.4 Å². The molecule has 1 rings (SSSR count). The molecule has 0 unspecified atom stereocenters. The molecule has 0 bridgehead atoms. The topological polar surface area (TPSA) is 61.6 Å². The lowest BCUT2D eigenvalue weighted by molar-refractivity contribution is 0.0955. The van der Waals surface area contributed by atoms with Crippen molar-refractivity contribution in [2.24, 2.45) is 5.84 Å². The fourth-order valence-electron chi connectivity index (χ4n) is 1.89. The highest BCUT2D eigenvalue weighted by molar-refractivity contribution is 7.12. The van der Waals surface area contributed by atoms with Gasteiger partial charge in [0.1, 0.15) is 0 Å². The van der Waals surface area contributed by atoms with Gasteiger partial charge in [-0.3, -0.25) is 15.1 Å². The number of nitrogens with zero attached hydrogens (tertiary/aromatic N) is 2. The first-order valence-corrected chi connectivity index (χ1v) is 7.40. The summed E-state index contributed by atoms with van der Waals surface area (Å²) >= 11 is 1.44. The predicted molar refractivity (Wildman–Crippen MR) is 80.1 cm³/mol. The quantitative estimate of drug-likeness (QED) is 0.427. The van der Waals surface area contributed by atoms with Crippen LogP contribution in [0.15, 0.2) is 11.4 Å². The highest BCUT2D eigenvalue weighted by atomic mass is 32.1. The average Bonchev–Trinajstić information content (AvgIpc) is 2.83. The van der Waals surface area contributed by atoms with E-state index in [0.29, 0.717) is 4.88 Å². The lowest BCUT2D eigenvalue weighted by Gasteiger charge is -2.23.